The van der Waals surface area contributed by atoms with Crippen molar-refractivity contribution in [3.63, 3.8) is 0 Å². The number of phenols is 1. The van der Waals surface area contributed by atoms with Gasteiger partial charge in [-0.15, -0.1) is 0 Å². The topological polar surface area (TPSA) is 153 Å². The van der Waals surface area contributed by atoms with Crippen molar-refractivity contribution in [2.45, 2.75) is 48.5 Å². The van der Waals surface area contributed by atoms with Crippen LogP contribution in [0, 0.1) is 20.8 Å². The van der Waals surface area contributed by atoms with Crippen molar-refractivity contribution >= 4 is 77.6 Å². The van der Waals surface area contributed by atoms with Crippen molar-refractivity contribution in [2.24, 2.45) is 21.1 Å². The van der Waals surface area contributed by atoms with E-state index < -0.39 is 0 Å². The molecule has 0 saturated heterocycles. The van der Waals surface area contributed by atoms with Crippen LogP contribution in [0.15, 0.2) is 128 Å². The van der Waals surface area contributed by atoms with Gasteiger partial charge >= 0.3 is 0 Å². The average Bonchev–Trinajstić information content (AvgIpc) is 4.13. The Labute approximate surface area is 395 Å². The number of aromatic amines is 2. The number of ether oxygens (including phenoxy) is 2. The number of fused-ring (bicyclic) bond motifs is 5. The molecule has 10 rings (SSSR count). The van der Waals surface area contributed by atoms with Crippen LogP contribution in [0.5, 0.6) is 11.5 Å². The first-order valence-corrected chi connectivity index (χ1v) is 22.1. The fourth-order valence-corrected chi connectivity index (χ4v) is 8.01. The Bertz CT molecular complexity index is 3350. The minimum atomic E-state index is 0.0150. The van der Waals surface area contributed by atoms with E-state index in [9.17, 15) is 24.3 Å². The van der Waals surface area contributed by atoms with Gasteiger partial charge in [0.15, 0.2) is 29.9 Å². The number of nitrogens with one attached hydrogen (secondary N) is 2. The third-order valence-corrected chi connectivity index (χ3v) is 11.5. The molecule has 5 aromatic heterocycles. The highest BCUT2D eigenvalue weighted by atomic mass is 16.7. The van der Waals surface area contributed by atoms with E-state index in [2.05, 4.69) is 59.4 Å². The summed E-state index contributed by atoms with van der Waals surface area (Å²) >= 11 is 0. The summed E-state index contributed by atoms with van der Waals surface area (Å²) in [4.78, 5) is 51.6. The molecular weight excluding hydrogens is 855 g/mol. The molecule has 0 atom stereocenters. The summed E-state index contributed by atoms with van der Waals surface area (Å²) in [6, 6.07) is 31.4. The molecule has 0 aliphatic rings. The van der Waals surface area contributed by atoms with E-state index >= 15 is 0 Å². The summed E-state index contributed by atoms with van der Waals surface area (Å²) in [6.07, 6.45) is 9.25. The number of ketones is 4. The molecule has 5 heterocycles. The maximum absolute atomic E-state index is 11.5. The monoisotopic (exact) mass is 913 g/mol. The molecule has 0 unspecified atom stereocenters. The number of aryl methyl sites for hydroxylation is 6. The zero-order chi connectivity index (χ0) is 49.4. The quantitative estimate of drug-likeness (QED) is 0.106. The maximum atomic E-state index is 11.5. The van der Waals surface area contributed by atoms with Crippen LogP contribution in [0.2, 0.25) is 0 Å². The number of carbonyl (C=O) groups is 4. The van der Waals surface area contributed by atoms with Crippen molar-refractivity contribution in [3.05, 3.63) is 167 Å². The van der Waals surface area contributed by atoms with E-state index in [0.717, 1.165) is 54.7 Å². The van der Waals surface area contributed by atoms with Gasteiger partial charge < -0.3 is 38.2 Å². The summed E-state index contributed by atoms with van der Waals surface area (Å²) < 4.78 is 16.0. The van der Waals surface area contributed by atoms with Crippen molar-refractivity contribution < 1.29 is 33.8 Å². The van der Waals surface area contributed by atoms with Crippen molar-refractivity contribution in [3.8, 4) is 11.5 Å². The average molecular weight is 914 g/mol. The van der Waals surface area contributed by atoms with Gasteiger partial charge in [0.2, 0.25) is 0 Å². The van der Waals surface area contributed by atoms with E-state index in [-0.39, 0.29) is 35.7 Å². The lowest BCUT2D eigenvalue weighted by Crippen LogP contribution is -1.98. The maximum Gasteiger partial charge on any atom is 0.188 e. The number of methoxy groups -OCH3 is 1. The number of aromatic nitrogens is 5. The largest absolute Gasteiger partial charge is 0.508 e. The lowest BCUT2D eigenvalue weighted by atomic mass is 10.1. The summed E-state index contributed by atoms with van der Waals surface area (Å²) in [5, 5.41) is 14.4. The molecule has 12 heteroatoms. The van der Waals surface area contributed by atoms with Crippen LogP contribution in [0.25, 0.3) is 54.5 Å². The second kappa shape index (κ2) is 21.6. The highest BCUT2D eigenvalue weighted by molar-refractivity contribution is 6.09. The molecule has 0 spiro atoms. The first-order valence-electron chi connectivity index (χ1n) is 22.1. The molecule has 0 saturated carbocycles. The van der Waals surface area contributed by atoms with Gasteiger partial charge in [-0.3, -0.25) is 19.2 Å². The van der Waals surface area contributed by atoms with Gasteiger partial charge in [0.05, 0.1) is 0 Å². The van der Waals surface area contributed by atoms with Crippen LogP contribution >= 0.6 is 0 Å². The molecule has 0 aliphatic heterocycles. The number of carbonyl (C=O) groups excluding carboxylic acids is 4. The van der Waals surface area contributed by atoms with Gasteiger partial charge in [-0.1, -0.05) is 34.9 Å². The molecule has 350 valence electrons. The number of rotatable bonds is 7. The second-order valence-electron chi connectivity index (χ2n) is 17.0. The Hall–Kier alpha value is -7.96. The van der Waals surface area contributed by atoms with E-state index in [0.29, 0.717) is 16.9 Å². The molecule has 3 N–H and O–H groups in total. The molecule has 10 aromatic rings. The Balaban J connectivity index is 0.000000141. The molecule has 0 amide bonds. The number of hydrogen-bond donors (Lipinski definition) is 3. The van der Waals surface area contributed by atoms with Crippen LogP contribution in [-0.2, 0) is 25.9 Å². The molecule has 68 heavy (non-hydrogen) atoms. The van der Waals surface area contributed by atoms with Gasteiger partial charge in [-0.2, -0.15) is 0 Å². The summed E-state index contributed by atoms with van der Waals surface area (Å²) in [7, 11) is 7.34. The molecule has 0 aliphatic carbocycles. The molecular formula is C56H59N5O7. The zero-order valence-corrected chi connectivity index (χ0v) is 40.6. The van der Waals surface area contributed by atoms with E-state index in [4.69, 9.17) is 9.47 Å². The van der Waals surface area contributed by atoms with Crippen molar-refractivity contribution in [2.75, 3.05) is 13.9 Å². The Morgan fingerprint density at radius 2 is 0.971 bits per heavy atom. The number of H-pyrrole nitrogens is 2. The fourth-order valence-electron chi connectivity index (χ4n) is 8.01. The molecule has 0 radical (unpaired) electrons. The van der Waals surface area contributed by atoms with Crippen LogP contribution < -0.4 is 4.74 Å². The number of benzene rings is 5. The van der Waals surface area contributed by atoms with Crippen molar-refractivity contribution in [1.29, 1.82) is 0 Å². The second-order valence-corrected chi connectivity index (χ2v) is 17.0. The first kappa shape index (κ1) is 49.5. The first-order chi connectivity index (χ1) is 32.4. The molecule has 0 bridgehead atoms. The summed E-state index contributed by atoms with van der Waals surface area (Å²) in [5.41, 5.74) is 11.9. The minimum Gasteiger partial charge on any atom is -0.508 e. The van der Waals surface area contributed by atoms with Gasteiger partial charge in [0, 0.05) is 131 Å². The minimum absolute atomic E-state index is 0.0150. The predicted octanol–water partition coefficient (Wildman–Crippen LogP) is 12.3. The van der Waals surface area contributed by atoms with Gasteiger partial charge in [-0.25, -0.2) is 0 Å². The highest BCUT2D eigenvalue weighted by Gasteiger charge is 2.13. The Morgan fingerprint density at radius 3 is 1.51 bits per heavy atom. The number of aromatic hydroxyl groups is 1. The number of hydrogen-bond acceptors (Lipinski definition) is 7. The van der Waals surface area contributed by atoms with Crippen LogP contribution in [0.4, 0.5) is 0 Å². The molecule has 0 fully saturated rings. The highest BCUT2D eigenvalue weighted by Crippen LogP contribution is 2.27. The number of nitrogens with zero attached hydrogens (tertiary/aromatic N) is 3. The number of phenolic OH excluding ortho intramolecular Hbond substituents is 1. The van der Waals surface area contributed by atoms with Gasteiger partial charge in [-0.05, 0) is 133 Å². The third-order valence-electron chi connectivity index (χ3n) is 11.5. The van der Waals surface area contributed by atoms with Crippen LogP contribution in [0.1, 0.15) is 85.8 Å². The lowest BCUT2D eigenvalue weighted by Gasteiger charge is -2.05. The molecule has 5 aromatic carbocycles. The summed E-state index contributed by atoms with van der Waals surface area (Å²) in [6.45, 7) is 12.7. The lowest BCUT2D eigenvalue weighted by molar-refractivity contribution is 0.0512. The third kappa shape index (κ3) is 11.5. The van der Waals surface area contributed by atoms with Crippen molar-refractivity contribution in [1.82, 2.24) is 23.7 Å². The smallest absolute Gasteiger partial charge is 0.188 e. The standard InChI is InChI=1S/C13H15NO3.C12H13NO.C11H11NO2.C11H11NO.C9H9N/c1-9(15)12-7-14(2)13-5-4-10(6-11(12)13)17-8-16-3;1-8-4-5-12-10(6-8)11(9(2)14)7-13(12)3;1-7(13)10-6-12(2)11-4-3-8(14)5-9(10)11;1-7-3-4-11-9(5-7)10(6-12-11)8(2)13;1-7-2-3-9-8(6-7)4-5-10-9/h4-7H,8H2,1-3H3;4-7H,1-3H3;3-6,14H,1-2H3;3-6,12H,1-2H3;2-6,10H,1H3. The van der Waals surface area contributed by atoms with Crippen LogP contribution in [0.3, 0.4) is 0 Å². The van der Waals surface area contributed by atoms with E-state index in [1.165, 1.54) is 34.5 Å². The predicted molar refractivity (Wildman–Crippen MR) is 274 cm³/mol. The Morgan fingerprint density at radius 1 is 0.515 bits per heavy atom. The fraction of sp³-hybridized carbons (Fsp3) is 0.214. The van der Waals surface area contributed by atoms with Gasteiger partial charge in [0.1, 0.15) is 11.5 Å². The number of Topliss-reactive ketones (excluding diaryl/α,β-unsaturated/α-hetero) is 4. The summed E-state index contributed by atoms with van der Waals surface area (Å²) in [5.74, 6) is 1.19. The van der Waals surface area contributed by atoms with E-state index in [1.807, 2.05) is 104 Å². The zero-order valence-electron chi connectivity index (χ0n) is 40.6. The Kier molecular flexibility index (Phi) is 15.7. The molecule has 12 nitrogen and oxygen atoms in total. The van der Waals surface area contributed by atoms with E-state index in [1.54, 1.807) is 58.5 Å². The van der Waals surface area contributed by atoms with Crippen LogP contribution in [-0.4, -0.2) is 65.8 Å². The van der Waals surface area contributed by atoms with Gasteiger partial charge in [0.25, 0.3) is 0 Å². The normalized spacial score (nSPS) is 10.7. The SMILES string of the molecule is CC(=O)c1c[nH]c2ccc(C)cc12.CC(=O)c1cn(C)c2ccc(C)cc12.CC(=O)c1cn(C)c2ccc(O)cc12.COCOc1ccc2c(c1)c(C(C)=O)cn2C.Cc1ccc2[nH]ccc2c1.